The molecular formula is C17H17BrOS. The Hall–Kier alpha value is -1.06. The van der Waals surface area contributed by atoms with Gasteiger partial charge in [-0.15, -0.1) is 11.8 Å². The fourth-order valence-electron chi connectivity index (χ4n) is 2.04. The number of Topliss-reactive ketones (excluding diaryl/α,β-unsaturated/α-hetero) is 1. The van der Waals surface area contributed by atoms with Gasteiger partial charge in [-0.3, -0.25) is 4.79 Å². The van der Waals surface area contributed by atoms with Gasteiger partial charge in [0.2, 0.25) is 0 Å². The molecule has 0 amide bonds. The van der Waals surface area contributed by atoms with Gasteiger partial charge >= 0.3 is 0 Å². The summed E-state index contributed by atoms with van der Waals surface area (Å²) in [7, 11) is 0. The maximum Gasteiger partial charge on any atom is 0.173 e. The molecular weight excluding hydrogens is 332 g/mol. The van der Waals surface area contributed by atoms with E-state index in [2.05, 4.69) is 28.9 Å². The number of halogens is 1. The fourth-order valence-corrected chi connectivity index (χ4v) is 3.49. The minimum atomic E-state index is 0.186. The lowest BCUT2D eigenvalue weighted by Gasteiger charge is -2.09. The number of benzene rings is 2. The van der Waals surface area contributed by atoms with Gasteiger partial charge in [-0.05, 0) is 71.6 Å². The fraction of sp³-hybridized carbons (Fsp3) is 0.235. The van der Waals surface area contributed by atoms with Crippen molar-refractivity contribution < 1.29 is 4.79 Å². The van der Waals surface area contributed by atoms with Crippen LogP contribution < -0.4 is 0 Å². The molecule has 0 N–H and O–H groups in total. The van der Waals surface area contributed by atoms with Gasteiger partial charge in [0.15, 0.2) is 5.78 Å². The Labute approximate surface area is 132 Å². The maximum atomic E-state index is 12.4. The van der Waals surface area contributed by atoms with E-state index in [1.54, 1.807) is 11.8 Å². The summed E-state index contributed by atoms with van der Waals surface area (Å²) in [5.41, 5.74) is 4.31. The first-order chi connectivity index (χ1) is 9.49. The first kappa shape index (κ1) is 15.3. The number of ketones is 1. The Bertz CT molecular complexity index is 649. The molecule has 0 saturated heterocycles. The molecule has 0 aliphatic carbocycles. The van der Waals surface area contributed by atoms with E-state index in [0.29, 0.717) is 5.75 Å². The lowest BCUT2D eigenvalue weighted by atomic mass is 9.99. The first-order valence-electron chi connectivity index (χ1n) is 6.47. The lowest BCUT2D eigenvalue weighted by Crippen LogP contribution is -2.06. The van der Waals surface area contributed by atoms with E-state index >= 15 is 0 Å². The van der Waals surface area contributed by atoms with Crippen LogP contribution in [0.5, 0.6) is 0 Å². The smallest absolute Gasteiger partial charge is 0.173 e. The molecule has 0 radical (unpaired) electrons. The lowest BCUT2D eigenvalue weighted by molar-refractivity contribution is 0.102. The highest BCUT2D eigenvalue weighted by molar-refractivity contribution is 9.10. The van der Waals surface area contributed by atoms with Crippen LogP contribution in [0.4, 0.5) is 0 Å². The van der Waals surface area contributed by atoms with E-state index in [1.807, 2.05) is 44.2 Å². The highest BCUT2D eigenvalue weighted by atomic mass is 79.9. The summed E-state index contributed by atoms with van der Waals surface area (Å²) in [5.74, 6) is 0.651. The molecule has 20 heavy (non-hydrogen) atoms. The third-order valence-electron chi connectivity index (χ3n) is 3.34. The third kappa shape index (κ3) is 3.53. The van der Waals surface area contributed by atoms with E-state index in [4.69, 9.17) is 0 Å². The molecule has 0 aliphatic heterocycles. The van der Waals surface area contributed by atoms with Crippen LogP contribution >= 0.6 is 27.7 Å². The number of hydrogen-bond acceptors (Lipinski definition) is 2. The number of rotatable bonds is 4. The predicted molar refractivity (Wildman–Crippen MR) is 89.8 cm³/mol. The zero-order valence-electron chi connectivity index (χ0n) is 11.9. The van der Waals surface area contributed by atoms with Gasteiger partial charge in [0.05, 0.1) is 5.75 Å². The van der Waals surface area contributed by atoms with E-state index in [-0.39, 0.29) is 5.78 Å². The Morgan fingerprint density at radius 1 is 1.05 bits per heavy atom. The first-order valence-corrected chi connectivity index (χ1v) is 8.25. The molecule has 0 bridgehead atoms. The highest BCUT2D eigenvalue weighted by Crippen LogP contribution is 2.28. The van der Waals surface area contributed by atoms with Crippen LogP contribution in [-0.4, -0.2) is 11.5 Å². The Kier molecular flexibility index (Phi) is 5.06. The van der Waals surface area contributed by atoms with Crippen molar-refractivity contribution in [3.63, 3.8) is 0 Å². The van der Waals surface area contributed by atoms with Crippen LogP contribution in [-0.2, 0) is 0 Å². The molecule has 0 fully saturated rings. The molecule has 1 nitrogen and oxygen atoms in total. The average Bonchev–Trinajstić information content (AvgIpc) is 2.41. The van der Waals surface area contributed by atoms with Crippen LogP contribution in [0.3, 0.4) is 0 Å². The van der Waals surface area contributed by atoms with E-state index in [9.17, 15) is 4.79 Å². The Balaban J connectivity index is 2.13. The SMILES string of the molecule is Cc1cc(C)c(C(=O)CSc2ccccc2Br)cc1C. The van der Waals surface area contributed by atoms with Crippen molar-refractivity contribution in [2.45, 2.75) is 25.7 Å². The van der Waals surface area contributed by atoms with Crippen LogP contribution in [0, 0.1) is 20.8 Å². The van der Waals surface area contributed by atoms with E-state index in [0.717, 1.165) is 20.5 Å². The summed E-state index contributed by atoms with van der Waals surface area (Å²) in [4.78, 5) is 13.5. The maximum absolute atomic E-state index is 12.4. The molecule has 0 aliphatic rings. The zero-order valence-corrected chi connectivity index (χ0v) is 14.3. The Morgan fingerprint density at radius 2 is 1.70 bits per heavy atom. The van der Waals surface area contributed by atoms with Crippen molar-refractivity contribution in [1.82, 2.24) is 0 Å². The molecule has 0 heterocycles. The number of hydrogen-bond donors (Lipinski definition) is 0. The molecule has 0 saturated carbocycles. The van der Waals surface area contributed by atoms with Crippen LogP contribution in [0.2, 0.25) is 0 Å². The topological polar surface area (TPSA) is 17.1 Å². The van der Waals surface area contributed by atoms with Crippen molar-refractivity contribution >= 4 is 33.5 Å². The van der Waals surface area contributed by atoms with Crippen LogP contribution in [0.15, 0.2) is 45.8 Å². The van der Waals surface area contributed by atoms with Crippen LogP contribution in [0.1, 0.15) is 27.0 Å². The second-order valence-electron chi connectivity index (χ2n) is 4.89. The highest BCUT2D eigenvalue weighted by Gasteiger charge is 2.12. The van der Waals surface area contributed by atoms with Crippen molar-refractivity contribution in [3.05, 3.63) is 63.1 Å². The molecule has 2 aromatic carbocycles. The van der Waals surface area contributed by atoms with E-state index < -0.39 is 0 Å². The monoisotopic (exact) mass is 348 g/mol. The minimum Gasteiger partial charge on any atom is -0.293 e. The summed E-state index contributed by atoms with van der Waals surface area (Å²) in [6, 6.07) is 12.1. The van der Waals surface area contributed by atoms with Gasteiger partial charge in [-0.25, -0.2) is 0 Å². The van der Waals surface area contributed by atoms with Crippen molar-refractivity contribution in [2.24, 2.45) is 0 Å². The summed E-state index contributed by atoms with van der Waals surface area (Å²) < 4.78 is 1.04. The Morgan fingerprint density at radius 3 is 2.40 bits per heavy atom. The molecule has 0 aromatic heterocycles. The van der Waals surface area contributed by atoms with Gasteiger partial charge < -0.3 is 0 Å². The van der Waals surface area contributed by atoms with Gasteiger partial charge in [0.1, 0.15) is 0 Å². The quantitative estimate of drug-likeness (QED) is 0.547. The van der Waals surface area contributed by atoms with Crippen molar-refractivity contribution in [1.29, 1.82) is 0 Å². The van der Waals surface area contributed by atoms with Crippen molar-refractivity contribution in [2.75, 3.05) is 5.75 Å². The van der Waals surface area contributed by atoms with Gasteiger partial charge in [-0.2, -0.15) is 0 Å². The number of thioether (sulfide) groups is 1. The summed E-state index contributed by atoms with van der Waals surface area (Å²) in [6.45, 7) is 6.13. The van der Waals surface area contributed by atoms with E-state index in [1.165, 1.54) is 11.1 Å². The molecule has 0 spiro atoms. The van der Waals surface area contributed by atoms with Crippen molar-refractivity contribution in [3.8, 4) is 0 Å². The largest absolute Gasteiger partial charge is 0.293 e. The molecule has 2 rings (SSSR count). The van der Waals surface area contributed by atoms with Crippen LogP contribution in [0.25, 0.3) is 0 Å². The molecule has 104 valence electrons. The summed E-state index contributed by atoms with van der Waals surface area (Å²) in [5, 5.41) is 0. The molecule has 0 unspecified atom stereocenters. The minimum absolute atomic E-state index is 0.186. The molecule has 2 aromatic rings. The normalized spacial score (nSPS) is 10.6. The number of carbonyl (C=O) groups is 1. The summed E-state index contributed by atoms with van der Waals surface area (Å²) >= 11 is 5.08. The molecule has 0 atom stereocenters. The van der Waals surface area contributed by atoms with Gasteiger partial charge in [-0.1, -0.05) is 18.2 Å². The average molecular weight is 349 g/mol. The standard InChI is InChI=1S/C17H17BrOS/c1-11-8-13(3)14(9-12(11)2)16(19)10-20-17-7-5-4-6-15(17)18/h4-9H,10H2,1-3H3. The van der Waals surface area contributed by atoms with Gasteiger partial charge in [0.25, 0.3) is 0 Å². The predicted octanol–water partition coefficient (Wildman–Crippen LogP) is 5.35. The second kappa shape index (κ2) is 6.59. The van der Waals surface area contributed by atoms with Gasteiger partial charge in [0, 0.05) is 14.9 Å². The second-order valence-corrected chi connectivity index (χ2v) is 6.77. The zero-order chi connectivity index (χ0) is 14.7. The summed E-state index contributed by atoms with van der Waals surface area (Å²) in [6.07, 6.45) is 0. The number of aryl methyl sites for hydroxylation is 3. The third-order valence-corrected chi connectivity index (χ3v) is 5.36. The molecule has 3 heteroatoms. The number of carbonyl (C=O) groups excluding carboxylic acids is 1.